The molecule has 0 unspecified atom stereocenters. The van der Waals surface area contributed by atoms with Crippen LogP contribution in [0.2, 0.25) is 0 Å². The highest BCUT2D eigenvalue weighted by atomic mass is 19.2. The first kappa shape index (κ1) is 22.1. The average molecular weight is 431 g/mol. The number of aromatic nitrogens is 1. The fourth-order valence-electron chi connectivity index (χ4n) is 3.08. The minimum absolute atomic E-state index is 0.214. The van der Waals surface area contributed by atoms with E-state index >= 15 is 0 Å². The normalized spacial score (nSPS) is 10.7. The lowest BCUT2D eigenvalue weighted by molar-refractivity contribution is -0.116. The summed E-state index contributed by atoms with van der Waals surface area (Å²) in [6.07, 6.45) is 0.545. The predicted molar refractivity (Wildman–Crippen MR) is 108 cm³/mol. The second-order valence-corrected chi connectivity index (χ2v) is 6.83. The molecule has 162 valence electrons. The molecule has 2 aromatic carbocycles. The van der Waals surface area contributed by atoms with Crippen LogP contribution in [0.1, 0.15) is 29.5 Å². The van der Waals surface area contributed by atoms with Gasteiger partial charge in [-0.3, -0.25) is 9.59 Å². The summed E-state index contributed by atoms with van der Waals surface area (Å²) in [6, 6.07) is 10.6. The van der Waals surface area contributed by atoms with Gasteiger partial charge in [-0.25, -0.2) is 13.2 Å². The molecule has 3 rings (SSSR count). The molecular weight excluding hydrogens is 411 g/mol. The fourth-order valence-corrected chi connectivity index (χ4v) is 3.08. The summed E-state index contributed by atoms with van der Waals surface area (Å²) in [7, 11) is 0. The lowest BCUT2D eigenvalue weighted by Crippen LogP contribution is -2.39. The number of aryl methyl sites for hydroxylation is 1. The van der Waals surface area contributed by atoms with Gasteiger partial charge in [-0.1, -0.05) is 42.4 Å². The van der Waals surface area contributed by atoms with Gasteiger partial charge in [0.25, 0.3) is 5.91 Å². The third-order valence-corrected chi connectivity index (χ3v) is 4.55. The minimum atomic E-state index is -1.69. The Morgan fingerprint density at radius 1 is 1.06 bits per heavy atom. The van der Waals surface area contributed by atoms with E-state index in [-0.39, 0.29) is 17.9 Å². The van der Waals surface area contributed by atoms with Crippen LogP contribution in [0.25, 0.3) is 11.3 Å². The highest BCUT2D eigenvalue weighted by Gasteiger charge is 2.27. The summed E-state index contributed by atoms with van der Waals surface area (Å²) in [5.41, 5.74) is 0.717. The van der Waals surface area contributed by atoms with E-state index in [9.17, 15) is 22.8 Å². The zero-order valence-corrected chi connectivity index (χ0v) is 16.9. The Hall–Kier alpha value is -3.62. The van der Waals surface area contributed by atoms with Crippen molar-refractivity contribution >= 4 is 17.5 Å². The Morgan fingerprint density at radius 2 is 1.77 bits per heavy atom. The number of nitrogens with one attached hydrogen (secondary N) is 1. The van der Waals surface area contributed by atoms with Crippen molar-refractivity contribution in [2.75, 3.05) is 18.4 Å². The molecule has 0 saturated carbocycles. The maximum atomic E-state index is 13.9. The number of hydrogen-bond acceptors (Lipinski definition) is 4. The van der Waals surface area contributed by atoms with Crippen molar-refractivity contribution < 1.29 is 27.3 Å². The van der Waals surface area contributed by atoms with Gasteiger partial charge in [-0.2, -0.15) is 0 Å². The molecule has 0 aliphatic rings. The van der Waals surface area contributed by atoms with E-state index in [1.165, 1.54) is 4.90 Å². The standard InChI is InChI=1S/C22H20F3N3O3/c1-3-11-28(12-17(29)26-16-10-9-15(23)19(24)20(16)25)22(30)18-13(2)31-27-21(18)14-7-5-4-6-8-14/h4-10H,3,11-12H2,1-2H3,(H,26,29). The van der Waals surface area contributed by atoms with E-state index in [1.807, 2.05) is 13.0 Å². The molecule has 31 heavy (non-hydrogen) atoms. The molecule has 1 N–H and O–H groups in total. The second-order valence-electron chi connectivity index (χ2n) is 6.83. The van der Waals surface area contributed by atoms with Gasteiger partial charge in [0, 0.05) is 12.1 Å². The van der Waals surface area contributed by atoms with Gasteiger partial charge in [-0.05, 0) is 25.5 Å². The molecule has 0 aliphatic heterocycles. The predicted octanol–water partition coefficient (Wildman–Crippen LogP) is 4.56. The summed E-state index contributed by atoms with van der Waals surface area (Å²) in [5, 5.41) is 6.15. The van der Waals surface area contributed by atoms with Gasteiger partial charge < -0.3 is 14.7 Å². The molecule has 3 aromatic rings. The number of nitrogens with zero attached hydrogens (tertiary/aromatic N) is 2. The number of benzene rings is 2. The number of carbonyl (C=O) groups excluding carboxylic acids is 2. The van der Waals surface area contributed by atoms with Crippen LogP contribution in [0.15, 0.2) is 47.0 Å². The van der Waals surface area contributed by atoms with Crippen LogP contribution in [-0.2, 0) is 4.79 Å². The highest BCUT2D eigenvalue weighted by molar-refractivity contribution is 6.03. The van der Waals surface area contributed by atoms with Gasteiger partial charge in [-0.15, -0.1) is 0 Å². The lowest BCUT2D eigenvalue weighted by atomic mass is 10.1. The highest BCUT2D eigenvalue weighted by Crippen LogP contribution is 2.26. The molecule has 1 heterocycles. The number of hydrogen-bond donors (Lipinski definition) is 1. The van der Waals surface area contributed by atoms with E-state index in [0.717, 1.165) is 6.07 Å². The summed E-state index contributed by atoms with van der Waals surface area (Å²) >= 11 is 0. The van der Waals surface area contributed by atoms with Crippen molar-refractivity contribution in [3.05, 3.63) is 71.2 Å². The van der Waals surface area contributed by atoms with Gasteiger partial charge in [0.1, 0.15) is 23.6 Å². The quantitative estimate of drug-likeness (QED) is 0.557. The SMILES string of the molecule is CCCN(CC(=O)Nc1ccc(F)c(F)c1F)C(=O)c1c(-c2ccccc2)noc1C. The third-order valence-electron chi connectivity index (χ3n) is 4.55. The van der Waals surface area contributed by atoms with Crippen LogP contribution in [-0.4, -0.2) is 35.0 Å². The first-order valence-corrected chi connectivity index (χ1v) is 9.57. The monoisotopic (exact) mass is 431 g/mol. The molecule has 0 bridgehead atoms. The first-order valence-electron chi connectivity index (χ1n) is 9.57. The molecule has 2 amide bonds. The van der Waals surface area contributed by atoms with E-state index in [2.05, 4.69) is 10.5 Å². The number of halogens is 3. The van der Waals surface area contributed by atoms with E-state index in [1.54, 1.807) is 31.2 Å². The Bertz CT molecular complexity index is 1100. The van der Waals surface area contributed by atoms with Crippen molar-refractivity contribution in [3.63, 3.8) is 0 Å². The van der Waals surface area contributed by atoms with Gasteiger partial charge in [0.15, 0.2) is 17.5 Å². The van der Waals surface area contributed by atoms with Gasteiger partial charge in [0.2, 0.25) is 5.91 Å². The minimum Gasteiger partial charge on any atom is -0.360 e. The average Bonchev–Trinajstić information content (AvgIpc) is 3.15. The number of anilines is 1. The van der Waals surface area contributed by atoms with Gasteiger partial charge in [0.05, 0.1) is 5.69 Å². The molecule has 6 nitrogen and oxygen atoms in total. The summed E-state index contributed by atoms with van der Waals surface area (Å²) < 4.78 is 45.6. The molecule has 0 radical (unpaired) electrons. The number of amides is 2. The van der Waals surface area contributed by atoms with Crippen LogP contribution in [0.4, 0.5) is 18.9 Å². The summed E-state index contributed by atoms with van der Waals surface area (Å²) in [5.74, 6) is -5.52. The maximum absolute atomic E-state index is 13.9. The Balaban J connectivity index is 1.83. The second kappa shape index (κ2) is 9.46. The van der Waals surface area contributed by atoms with Crippen LogP contribution in [0, 0.1) is 24.4 Å². The lowest BCUT2D eigenvalue weighted by Gasteiger charge is -2.22. The van der Waals surface area contributed by atoms with Crippen molar-refractivity contribution in [1.82, 2.24) is 10.1 Å². The molecule has 1 aromatic heterocycles. The van der Waals surface area contributed by atoms with Crippen LogP contribution < -0.4 is 5.32 Å². The van der Waals surface area contributed by atoms with Gasteiger partial charge >= 0.3 is 0 Å². The molecule has 0 saturated heterocycles. The summed E-state index contributed by atoms with van der Waals surface area (Å²) in [6.45, 7) is 3.22. The van der Waals surface area contributed by atoms with E-state index in [0.29, 0.717) is 23.7 Å². The molecule has 0 aliphatic carbocycles. The molecule has 0 spiro atoms. The summed E-state index contributed by atoms with van der Waals surface area (Å²) in [4.78, 5) is 26.9. The third kappa shape index (κ3) is 4.76. The zero-order chi connectivity index (χ0) is 22.5. The van der Waals surface area contributed by atoms with Crippen molar-refractivity contribution in [1.29, 1.82) is 0 Å². The van der Waals surface area contributed by atoms with Crippen molar-refractivity contribution in [2.45, 2.75) is 20.3 Å². The van der Waals surface area contributed by atoms with Crippen LogP contribution in [0.3, 0.4) is 0 Å². The fraction of sp³-hybridized carbons (Fsp3) is 0.227. The van der Waals surface area contributed by atoms with E-state index in [4.69, 9.17) is 4.52 Å². The Morgan fingerprint density at radius 3 is 2.45 bits per heavy atom. The first-order chi connectivity index (χ1) is 14.8. The smallest absolute Gasteiger partial charge is 0.260 e. The molecule has 0 fully saturated rings. The molecule has 9 heteroatoms. The zero-order valence-electron chi connectivity index (χ0n) is 16.9. The number of carbonyl (C=O) groups is 2. The maximum Gasteiger partial charge on any atom is 0.260 e. The van der Waals surface area contributed by atoms with Crippen LogP contribution >= 0.6 is 0 Å². The number of rotatable bonds is 7. The molecular formula is C22H20F3N3O3. The largest absolute Gasteiger partial charge is 0.360 e. The topological polar surface area (TPSA) is 75.4 Å². The van der Waals surface area contributed by atoms with Crippen molar-refractivity contribution in [3.8, 4) is 11.3 Å². The van der Waals surface area contributed by atoms with Crippen molar-refractivity contribution in [2.24, 2.45) is 0 Å². The Kier molecular flexibility index (Phi) is 6.74. The van der Waals surface area contributed by atoms with E-state index < -0.39 is 41.5 Å². The Labute approximate surface area is 176 Å². The van der Waals surface area contributed by atoms with Crippen LogP contribution in [0.5, 0.6) is 0 Å². The molecule has 0 atom stereocenters.